The molecule has 98 valence electrons. The fraction of sp³-hybridized carbons (Fsp3) is 0.833. The van der Waals surface area contributed by atoms with Gasteiger partial charge in [-0.3, -0.25) is 0 Å². The summed E-state index contributed by atoms with van der Waals surface area (Å²) in [6.45, 7) is 6.77. The van der Waals surface area contributed by atoms with Gasteiger partial charge in [0, 0.05) is 13.0 Å². The third-order valence-corrected chi connectivity index (χ3v) is 3.30. The van der Waals surface area contributed by atoms with Gasteiger partial charge in [0.05, 0.1) is 0 Å². The standard InChI is InChI=1S/C12H23N3O2/c1-5-12(3,16-4)11-14-10(17-15-11)9(2)7-6-8-13/h9H,5-8,13H2,1-4H3. The molecule has 17 heavy (non-hydrogen) atoms. The first-order valence-electron chi connectivity index (χ1n) is 6.16. The molecule has 1 rings (SSSR count). The first kappa shape index (κ1) is 14.1. The van der Waals surface area contributed by atoms with E-state index in [4.69, 9.17) is 15.0 Å². The number of hydrogen-bond donors (Lipinski definition) is 1. The molecule has 0 saturated carbocycles. The second-order valence-corrected chi connectivity index (χ2v) is 4.58. The van der Waals surface area contributed by atoms with E-state index in [1.165, 1.54) is 0 Å². The third-order valence-electron chi connectivity index (χ3n) is 3.30. The van der Waals surface area contributed by atoms with Gasteiger partial charge in [0.1, 0.15) is 5.60 Å². The Morgan fingerprint density at radius 2 is 2.24 bits per heavy atom. The van der Waals surface area contributed by atoms with E-state index in [0.29, 0.717) is 18.3 Å². The van der Waals surface area contributed by atoms with E-state index >= 15 is 0 Å². The molecule has 0 amide bonds. The predicted octanol–water partition coefficient (Wildman–Crippen LogP) is 2.18. The van der Waals surface area contributed by atoms with Gasteiger partial charge in [-0.25, -0.2) is 0 Å². The van der Waals surface area contributed by atoms with Crippen molar-refractivity contribution in [1.82, 2.24) is 10.1 Å². The quantitative estimate of drug-likeness (QED) is 0.792. The molecule has 0 spiro atoms. The number of aromatic nitrogens is 2. The van der Waals surface area contributed by atoms with Gasteiger partial charge in [-0.1, -0.05) is 19.0 Å². The molecule has 5 nitrogen and oxygen atoms in total. The fourth-order valence-electron chi connectivity index (χ4n) is 1.59. The van der Waals surface area contributed by atoms with Crippen LogP contribution in [0.15, 0.2) is 4.52 Å². The normalized spacial score (nSPS) is 16.8. The highest BCUT2D eigenvalue weighted by Crippen LogP contribution is 2.27. The van der Waals surface area contributed by atoms with Gasteiger partial charge in [-0.2, -0.15) is 4.98 Å². The SMILES string of the molecule is CCC(C)(OC)c1noc(C(C)CCCN)n1. The maximum absolute atomic E-state index is 5.49. The summed E-state index contributed by atoms with van der Waals surface area (Å²) < 4.78 is 10.7. The van der Waals surface area contributed by atoms with E-state index < -0.39 is 5.60 Å². The Labute approximate surface area is 103 Å². The molecule has 2 atom stereocenters. The Bertz CT molecular complexity index is 334. The van der Waals surface area contributed by atoms with Crippen molar-refractivity contribution in [3.63, 3.8) is 0 Å². The molecule has 1 heterocycles. The molecule has 0 aliphatic carbocycles. The average molecular weight is 241 g/mol. The van der Waals surface area contributed by atoms with Crippen LogP contribution in [0.25, 0.3) is 0 Å². The largest absolute Gasteiger partial charge is 0.370 e. The van der Waals surface area contributed by atoms with Crippen LogP contribution in [0.2, 0.25) is 0 Å². The molecule has 0 fully saturated rings. The van der Waals surface area contributed by atoms with Crippen LogP contribution in [-0.4, -0.2) is 23.8 Å². The Hall–Kier alpha value is -0.940. The maximum Gasteiger partial charge on any atom is 0.229 e. The van der Waals surface area contributed by atoms with Crippen molar-refractivity contribution in [1.29, 1.82) is 0 Å². The third kappa shape index (κ3) is 3.26. The molecule has 0 bridgehead atoms. The van der Waals surface area contributed by atoms with Crippen molar-refractivity contribution in [2.24, 2.45) is 5.73 Å². The molecule has 2 N–H and O–H groups in total. The molecule has 1 aromatic heterocycles. The summed E-state index contributed by atoms with van der Waals surface area (Å²) >= 11 is 0. The van der Waals surface area contributed by atoms with Crippen LogP contribution in [0.5, 0.6) is 0 Å². The lowest BCUT2D eigenvalue weighted by atomic mass is 10.0. The topological polar surface area (TPSA) is 74.2 Å². The maximum atomic E-state index is 5.49. The fourth-order valence-corrected chi connectivity index (χ4v) is 1.59. The van der Waals surface area contributed by atoms with Gasteiger partial charge in [0.15, 0.2) is 0 Å². The average Bonchev–Trinajstić information content (AvgIpc) is 2.85. The number of nitrogens with zero attached hydrogens (tertiary/aromatic N) is 2. The van der Waals surface area contributed by atoms with E-state index in [0.717, 1.165) is 19.3 Å². The highest BCUT2D eigenvalue weighted by molar-refractivity contribution is 5.01. The molecule has 0 aromatic carbocycles. The van der Waals surface area contributed by atoms with E-state index in [1.54, 1.807) is 7.11 Å². The smallest absolute Gasteiger partial charge is 0.229 e. The number of ether oxygens (including phenoxy) is 1. The number of hydrogen-bond acceptors (Lipinski definition) is 5. The van der Waals surface area contributed by atoms with Gasteiger partial charge in [0.25, 0.3) is 0 Å². The summed E-state index contributed by atoms with van der Waals surface area (Å²) in [6, 6.07) is 0. The molecule has 1 aromatic rings. The van der Waals surface area contributed by atoms with E-state index in [1.807, 2.05) is 13.8 Å². The predicted molar refractivity (Wildman–Crippen MR) is 65.7 cm³/mol. The van der Waals surface area contributed by atoms with E-state index in [9.17, 15) is 0 Å². The van der Waals surface area contributed by atoms with Crippen molar-refractivity contribution in [3.05, 3.63) is 11.7 Å². The summed E-state index contributed by atoms with van der Waals surface area (Å²) in [5.41, 5.74) is 5.02. The van der Waals surface area contributed by atoms with Gasteiger partial charge >= 0.3 is 0 Å². The second-order valence-electron chi connectivity index (χ2n) is 4.58. The highest BCUT2D eigenvalue weighted by atomic mass is 16.5. The van der Waals surface area contributed by atoms with Crippen LogP contribution >= 0.6 is 0 Å². The minimum Gasteiger partial charge on any atom is -0.370 e. The van der Waals surface area contributed by atoms with Gasteiger partial charge in [-0.15, -0.1) is 0 Å². The summed E-state index contributed by atoms with van der Waals surface area (Å²) in [4.78, 5) is 4.43. The van der Waals surface area contributed by atoms with Gasteiger partial charge < -0.3 is 15.0 Å². The van der Waals surface area contributed by atoms with Crippen LogP contribution in [0, 0.1) is 0 Å². The summed E-state index contributed by atoms with van der Waals surface area (Å²) in [5, 5.41) is 4.02. The molecule has 0 saturated heterocycles. The van der Waals surface area contributed by atoms with Crippen molar-refractivity contribution in [2.45, 2.75) is 51.6 Å². The lowest BCUT2D eigenvalue weighted by molar-refractivity contribution is -0.0106. The first-order valence-corrected chi connectivity index (χ1v) is 6.16. The van der Waals surface area contributed by atoms with E-state index in [2.05, 4.69) is 17.1 Å². The molecule has 0 radical (unpaired) electrons. The van der Waals surface area contributed by atoms with E-state index in [-0.39, 0.29) is 5.92 Å². The molecular formula is C12H23N3O2. The lowest BCUT2D eigenvalue weighted by Crippen LogP contribution is -2.24. The van der Waals surface area contributed by atoms with Crippen molar-refractivity contribution >= 4 is 0 Å². The lowest BCUT2D eigenvalue weighted by Gasteiger charge is -2.21. The minimum atomic E-state index is -0.463. The first-order chi connectivity index (χ1) is 8.07. The number of methoxy groups -OCH3 is 1. The Balaban J connectivity index is 2.77. The minimum absolute atomic E-state index is 0.248. The molecule has 0 aliphatic heterocycles. The summed E-state index contributed by atoms with van der Waals surface area (Å²) in [6.07, 6.45) is 2.74. The van der Waals surface area contributed by atoms with Crippen molar-refractivity contribution in [2.75, 3.05) is 13.7 Å². The van der Waals surface area contributed by atoms with Crippen molar-refractivity contribution < 1.29 is 9.26 Å². The van der Waals surface area contributed by atoms with Crippen LogP contribution in [0.4, 0.5) is 0 Å². The number of rotatable bonds is 7. The van der Waals surface area contributed by atoms with Crippen LogP contribution < -0.4 is 5.73 Å². The van der Waals surface area contributed by atoms with Gasteiger partial charge in [-0.05, 0) is 32.7 Å². The van der Waals surface area contributed by atoms with Crippen LogP contribution in [-0.2, 0) is 10.3 Å². The summed E-state index contributed by atoms with van der Waals surface area (Å²) in [5.74, 6) is 1.54. The van der Waals surface area contributed by atoms with Crippen LogP contribution in [0.1, 0.15) is 57.7 Å². The zero-order valence-electron chi connectivity index (χ0n) is 11.2. The van der Waals surface area contributed by atoms with Gasteiger partial charge in [0.2, 0.25) is 11.7 Å². The Morgan fingerprint density at radius 1 is 1.53 bits per heavy atom. The highest BCUT2D eigenvalue weighted by Gasteiger charge is 2.30. The zero-order valence-corrected chi connectivity index (χ0v) is 11.2. The molecule has 0 aliphatic rings. The number of nitrogens with two attached hydrogens (primary N) is 1. The Morgan fingerprint density at radius 3 is 2.76 bits per heavy atom. The van der Waals surface area contributed by atoms with Crippen molar-refractivity contribution in [3.8, 4) is 0 Å². The molecular weight excluding hydrogens is 218 g/mol. The zero-order chi connectivity index (χ0) is 12.9. The molecule has 2 unspecified atom stereocenters. The second kappa shape index (κ2) is 6.12. The monoisotopic (exact) mass is 241 g/mol. The molecule has 5 heteroatoms. The summed E-state index contributed by atoms with van der Waals surface area (Å²) in [7, 11) is 1.66. The Kier molecular flexibility index (Phi) is 5.08. The van der Waals surface area contributed by atoms with Crippen LogP contribution in [0.3, 0.4) is 0 Å².